The number of carbonyl (C=O) groups excluding carboxylic acids is 2. The van der Waals surface area contributed by atoms with E-state index >= 15 is 0 Å². The maximum Gasteiger partial charge on any atom is 0.228 e. The molecule has 22 heavy (non-hydrogen) atoms. The van der Waals surface area contributed by atoms with Gasteiger partial charge in [0, 0.05) is 23.2 Å². The van der Waals surface area contributed by atoms with E-state index in [0.29, 0.717) is 12.3 Å². The van der Waals surface area contributed by atoms with Crippen LogP contribution in [0, 0.1) is 17.8 Å². The van der Waals surface area contributed by atoms with Crippen LogP contribution in [0.1, 0.15) is 26.2 Å². The van der Waals surface area contributed by atoms with Crippen molar-refractivity contribution in [3.05, 3.63) is 28.7 Å². The summed E-state index contributed by atoms with van der Waals surface area (Å²) in [7, 11) is 0. The van der Waals surface area contributed by atoms with Crippen molar-refractivity contribution >= 4 is 33.4 Å². The van der Waals surface area contributed by atoms with Crippen LogP contribution < -0.4 is 5.32 Å². The van der Waals surface area contributed by atoms with E-state index in [1.807, 2.05) is 29.2 Å². The van der Waals surface area contributed by atoms with Crippen LogP contribution in [0.3, 0.4) is 0 Å². The summed E-state index contributed by atoms with van der Waals surface area (Å²) < 4.78 is 0.927. The lowest BCUT2D eigenvalue weighted by Gasteiger charge is -2.31. The first-order chi connectivity index (χ1) is 10.5. The summed E-state index contributed by atoms with van der Waals surface area (Å²) in [6.07, 6.45) is 2.96. The number of amides is 2. The zero-order valence-corrected chi connectivity index (χ0v) is 14.3. The number of nitrogens with zero attached hydrogens (tertiary/aromatic N) is 1. The van der Waals surface area contributed by atoms with Crippen molar-refractivity contribution in [1.29, 1.82) is 0 Å². The Hall–Kier alpha value is -1.36. The highest BCUT2D eigenvalue weighted by atomic mass is 79.9. The fourth-order valence-corrected chi connectivity index (χ4v) is 3.58. The lowest BCUT2D eigenvalue weighted by molar-refractivity contribution is -0.135. The minimum atomic E-state index is -0.163. The number of likely N-dealkylation sites (tertiary alicyclic amines) is 1. The summed E-state index contributed by atoms with van der Waals surface area (Å²) in [4.78, 5) is 26.7. The van der Waals surface area contributed by atoms with Gasteiger partial charge in [-0.05, 0) is 43.4 Å². The van der Waals surface area contributed by atoms with Crippen molar-refractivity contribution in [2.45, 2.75) is 26.2 Å². The van der Waals surface area contributed by atoms with Crippen LogP contribution in [0.4, 0.5) is 5.69 Å². The van der Waals surface area contributed by atoms with Gasteiger partial charge in [-0.2, -0.15) is 0 Å². The monoisotopic (exact) mass is 364 g/mol. The van der Waals surface area contributed by atoms with Gasteiger partial charge in [-0.1, -0.05) is 28.9 Å². The van der Waals surface area contributed by atoms with Crippen LogP contribution in [-0.2, 0) is 9.59 Å². The number of carbonyl (C=O) groups is 2. The Morgan fingerprint density at radius 1 is 1.32 bits per heavy atom. The van der Waals surface area contributed by atoms with Crippen LogP contribution in [0.15, 0.2) is 28.7 Å². The molecular formula is C17H21BrN2O2. The highest BCUT2D eigenvalue weighted by molar-refractivity contribution is 9.10. The van der Waals surface area contributed by atoms with E-state index in [2.05, 4.69) is 28.2 Å². The third-order valence-electron chi connectivity index (χ3n) is 4.51. The fourth-order valence-electron chi connectivity index (χ4n) is 3.18. The lowest BCUT2D eigenvalue weighted by Crippen LogP contribution is -2.40. The molecule has 1 saturated heterocycles. The number of benzene rings is 1. The summed E-state index contributed by atoms with van der Waals surface area (Å²) in [5.74, 6) is 0.425. The van der Waals surface area contributed by atoms with Crippen LogP contribution in [0.25, 0.3) is 0 Å². The van der Waals surface area contributed by atoms with Crippen molar-refractivity contribution in [2.75, 3.05) is 18.4 Å². The van der Waals surface area contributed by atoms with Gasteiger partial charge in [0.25, 0.3) is 0 Å². The third kappa shape index (κ3) is 3.51. The molecule has 3 unspecified atom stereocenters. The highest BCUT2D eigenvalue weighted by Crippen LogP contribution is 2.41. The van der Waals surface area contributed by atoms with Crippen LogP contribution in [0.5, 0.6) is 0 Å². The SMILES string of the molecule is CC1CCCN(C(=O)C2CC2C(=O)Nc2cccc(Br)c2)C1. The zero-order chi connectivity index (χ0) is 15.7. The van der Waals surface area contributed by atoms with Gasteiger partial charge in [0.2, 0.25) is 11.8 Å². The molecule has 118 valence electrons. The fraction of sp³-hybridized carbons (Fsp3) is 0.529. The number of halogens is 1. The van der Waals surface area contributed by atoms with E-state index in [0.717, 1.165) is 29.7 Å². The zero-order valence-electron chi connectivity index (χ0n) is 12.7. The Labute approximate surface area is 139 Å². The van der Waals surface area contributed by atoms with Crippen LogP contribution in [-0.4, -0.2) is 29.8 Å². The summed E-state index contributed by atoms with van der Waals surface area (Å²) in [6, 6.07) is 7.51. The third-order valence-corrected chi connectivity index (χ3v) is 5.00. The number of hydrogen-bond acceptors (Lipinski definition) is 2. The molecular weight excluding hydrogens is 344 g/mol. The maximum atomic E-state index is 12.5. The van der Waals surface area contributed by atoms with Gasteiger partial charge in [-0.3, -0.25) is 9.59 Å². The predicted molar refractivity (Wildman–Crippen MR) is 89.3 cm³/mol. The predicted octanol–water partition coefficient (Wildman–Crippen LogP) is 3.28. The van der Waals surface area contributed by atoms with Gasteiger partial charge in [-0.25, -0.2) is 0 Å². The second-order valence-corrected chi connectivity index (χ2v) is 7.40. The Morgan fingerprint density at radius 2 is 2.14 bits per heavy atom. The van der Waals surface area contributed by atoms with E-state index in [1.165, 1.54) is 6.42 Å². The summed E-state index contributed by atoms with van der Waals surface area (Å²) in [5.41, 5.74) is 0.768. The average Bonchev–Trinajstić information content (AvgIpc) is 3.27. The van der Waals surface area contributed by atoms with Gasteiger partial charge in [0.1, 0.15) is 0 Å². The normalized spacial score (nSPS) is 27.4. The minimum Gasteiger partial charge on any atom is -0.342 e. The van der Waals surface area contributed by atoms with Gasteiger partial charge < -0.3 is 10.2 Å². The van der Waals surface area contributed by atoms with E-state index < -0.39 is 0 Å². The van der Waals surface area contributed by atoms with Crippen molar-refractivity contribution < 1.29 is 9.59 Å². The summed E-state index contributed by atoms with van der Waals surface area (Å²) in [5, 5.41) is 2.90. The number of nitrogens with one attached hydrogen (secondary N) is 1. The molecule has 0 bridgehead atoms. The standard InChI is InChI=1S/C17H21BrN2O2/c1-11-4-3-7-20(10-11)17(22)15-9-14(15)16(21)19-13-6-2-5-12(18)8-13/h2,5-6,8,11,14-15H,3-4,7,9-10H2,1H3,(H,19,21). The molecule has 1 aromatic rings. The van der Waals surface area contributed by atoms with Crippen molar-refractivity contribution in [3.63, 3.8) is 0 Å². The molecule has 2 aliphatic rings. The Morgan fingerprint density at radius 3 is 2.86 bits per heavy atom. The molecule has 0 aromatic heterocycles. The molecule has 3 atom stereocenters. The second kappa shape index (κ2) is 6.41. The van der Waals surface area contributed by atoms with E-state index in [-0.39, 0.29) is 23.7 Å². The average molecular weight is 365 g/mol. The molecule has 2 fully saturated rings. The van der Waals surface area contributed by atoms with Gasteiger partial charge in [0.15, 0.2) is 0 Å². The topological polar surface area (TPSA) is 49.4 Å². The minimum absolute atomic E-state index is 0.0403. The molecule has 4 nitrogen and oxygen atoms in total. The number of rotatable bonds is 3. The smallest absolute Gasteiger partial charge is 0.228 e. The molecule has 0 spiro atoms. The largest absolute Gasteiger partial charge is 0.342 e. The molecule has 1 aromatic carbocycles. The Bertz CT molecular complexity index is 590. The first-order valence-electron chi connectivity index (χ1n) is 7.90. The van der Waals surface area contributed by atoms with Crippen molar-refractivity contribution in [1.82, 2.24) is 4.90 Å². The van der Waals surface area contributed by atoms with Gasteiger partial charge in [0.05, 0.1) is 11.8 Å². The molecule has 1 saturated carbocycles. The molecule has 5 heteroatoms. The Kier molecular flexibility index (Phi) is 4.52. The number of anilines is 1. The van der Waals surface area contributed by atoms with E-state index in [1.54, 1.807) is 0 Å². The molecule has 1 N–H and O–H groups in total. The van der Waals surface area contributed by atoms with Crippen molar-refractivity contribution in [3.8, 4) is 0 Å². The van der Waals surface area contributed by atoms with Crippen molar-refractivity contribution in [2.24, 2.45) is 17.8 Å². The summed E-state index contributed by atoms with van der Waals surface area (Å²) in [6.45, 7) is 3.87. The number of hydrogen-bond donors (Lipinski definition) is 1. The van der Waals surface area contributed by atoms with Crippen LogP contribution in [0.2, 0.25) is 0 Å². The second-order valence-electron chi connectivity index (χ2n) is 6.48. The molecule has 1 aliphatic carbocycles. The molecule has 1 aliphatic heterocycles. The Balaban J connectivity index is 1.55. The van der Waals surface area contributed by atoms with E-state index in [9.17, 15) is 9.59 Å². The maximum absolute atomic E-state index is 12.5. The first-order valence-corrected chi connectivity index (χ1v) is 8.69. The molecule has 3 rings (SSSR count). The molecule has 1 heterocycles. The highest BCUT2D eigenvalue weighted by Gasteiger charge is 2.49. The number of piperidine rings is 1. The summed E-state index contributed by atoms with van der Waals surface area (Å²) >= 11 is 3.39. The van der Waals surface area contributed by atoms with Gasteiger partial charge >= 0.3 is 0 Å². The van der Waals surface area contributed by atoms with E-state index in [4.69, 9.17) is 0 Å². The molecule has 2 amide bonds. The molecule has 0 radical (unpaired) electrons. The first kappa shape index (κ1) is 15.5. The van der Waals surface area contributed by atoms with Gasteiger partial charge in [-0.15, -0.1) is 0 Å². The lowest BCUT2D eigenvalue weighted by atomic mass is 10.00. The quantitative estimate of drug-likeness (QED) is 0.894. The van der Waals surface area contributed by atoms with Crippen LogP contribution >= 0.6 is 15.9 Å².